The summed E-state index contributed by atoms with van der Waals surface area (Å²) in [5.74, 6) is 4.47. The second kappa shape index (κ2) is 5.75. The number of rotatable bonds is 2. The van der Waals surface area contributed by atoms with Crippen LogP contribution in [0.25, 0.3) is 0 Å². The fourth-order valence-electron chi connectivity index (χ4n) is 2.27. The summed E-state index contributed by atoms with van der Waals surface area (Å²) in [4.78, 5) is 13.4. The van der Waals surface area contributed by atoms with E-state index in [4.69, 9.17) is 4.74 Å². The van der Waals surface area contributed by atoms with E-state index in [1.807, 2.05) is 11.8 Å². The van der Waals surface area contributed by atoms with Gasteiger partial charge in [0, 0.05) is 43.8 Å². The predicted octanol–water partition coefficient (Wildman–Crippen LogP) is 0.866. The van der Waals surface area contributed by atoms with Gasteiger partial charge in [0.15, 0.2) is 0 Å². The molecule has 0 aliphatic carbocycles. The number of ether oxygens (including phenoxy) is 1. The fourth-order valence-corrected chi connectivity index (χ4v) is 3.17. The lowest BCUT2D eigenvalue weighted by Crippen LogP contribution is -2.37. The summed E-state index contributed by atoms with van der Waals surface area (Å²) in [6.07, 6.45) is 1.68. The van der Waals surface area contributed by atoms with E-state index in [-0.39, 0.29) is 0 Å². The first kappa shape index (κ1) is 12.0. The maximum atomic E-state index is 5.37. The summed E-state index contributed by atoms with van der Waals surface area (Å²) in [5.41, 5.74) is 0. The van der Waals surface area contributed by atoms with E-state index >= 15 is 0 Å². The third-order valence-electron chi connectivity index (χ3n) is 3.31. The average molecular weight is 266 g/mol. The molecule has 0 radical (unpaired) electrons. The van der Waals surface area contributed by atoms with Gasteiger partial charge in [0.05, 0.1) is 13.2 Å². The standard InChI is InChI=1S/C12H18N4OS/c1-5-17-6-2-15(1)11-9-12(14-10-13-11)16-3-7-18-8-4-16/h9-10H,1-8H2. The lowest BCUT2D eigenvalue weighted by atomic mass is 10.3. The van der Waals surface area contributed by atoms with Gasteiger partial charge in [-0.25, -0.2) is 9.97 Å². The molecule has 0 spiro atoms. The Morgan fingerprint density at radius 2 is 1.56 bits per heavy atom. The Hall–Kier alpha value is -1.01. The first-order chi connectivity index (χ1) is 8.93. The molecule has 0 aromatic carbocycles. The van der Waals surface area contributed by atoms with Crippen molar-refractivity contribution in [3.63, 3.8) is 0 Å². The van der Waals surface area contributed by atoms with Gasteiger partial charge in [-0.1, -0.05) is 0 Å². The number of nitrogens with zero attached hydrogens (tertiary/aromatic N) is 4. The summed E-state index contributed by atoms with van der Waals surface area (Å²) in [5, 5.41) is 0. The zero-order valence-electron chi connectivity index (χ0n) is 10.4. The molecule has 98 valence electrons. The Bertz CT molecular complexity index is 358. The minimum atomic E-state index is 0.791. The van der Waals surface area contributed by atoms with Crippen LogP contribution in [-0.2, 0) is 4.74 Å². The molecule has 1 aromatic heterocycles. The van der Waals surface area contributed by atoms with Crippen molar-refractivity contribution in [2.75, 3.05) is 60.7 Å². The lowest BCUT2D eigenvalue weighted by molar-refractivity contribution is 0.122. The van der Waals surface area contributed by atoms with Crippen molar-refractivity contribution < 1.29 is 4.74 Å². The average Bonchev–Trinajstić information content (AvgIpc) is 2.49. The number of hydrogen-bond donors (Lipinski definition) is 0. The third kappa shape index (κ3) is 2.70. The van der Waals surface area contributed by atoms with E-state index in [1.54, 1.807) is 6.33 Å². The predicted molar refractivity (Wildman–Crippen MR) is 74.6 cm³/mol. The van der Waals surface area contributed by atoms with Crippen molar-refractivity contribution in [3.05, 3.63) is 12.4 Å². The molecule has 2 aliphatic heterocycles. The van der Waals surface area contributed by atoms with E-state index in [0.717, 1.165) is 51.0 Å². The van der Waals surface area contributed by atoms with E-state index in [0.29, 0.717) is 0 Å². The number of morpholine rings is 1. The quantitative estimate of drug-likeness (QED) is 0.791. The molecular weight excluding hydrogens is 248 g/mol. The van der Waals surface area contributed by atoms with Gasteiger partial charge in [-0.3, -0.25) is 0 Å². The largest absolute Gasteiger partial charge is 0.378 e. The molecule has 0 atom stereocenters. The highest BCUT2D eigenvalue weighted by atomic mass is 32.2. The van der Waals surface area contributed by atoms with Crippen LogP contribution in [0.15, 0.2) is 12.4 Å². The van der Waals surface area contributed by atoms with Gasteiger partial charge < -0.3 is 14.5 Å². The maximum absolute atomic E-state index is 5.37. The van der Waals surface area contributed by atoms with Crippen LogP contribution in [0.5, 0.6) is 0 Å². The van der Waals surface area contributed by atoms with Gasteiger partial charge >= 0.3 is 0 Å². The molecule has 3 heterocycles. The Morgan fingerprint density at radius 3 is 2.22 bits per heavy atom. The topological polar surface area (TPSA) is 41.5 Å². The molecular formula is C12H18N4OS. The fraction of sp³-hybridized carbons (Fsp3) is 0.667. The van der Waals surface area contributed by atoms with Gasteiger partial charge in [-0.15, -0.1) is 0 Å². The smallest absolute Gasteiger partial charge is 0.134 e. The Kier molecular flexibility index (Phi) is 3.85. The minimum Gasteiger partial charge on any atom is -0.378 e. The molecule has 2 saturated heterocycles. The summed E-state index contributed by atoms with van der Waals surface area (Å²) in [6.45, 7) is 5.60. The normalized spacial score (nSPS) is 21.1. The number of hydrogen-bond acceptors (Lipinski definition) is 6. The Labute approximate surface area is 112 Å². The summed E-state index contributed by atoms with van der Waals surface area (Å²) in [7, 11) is 0. The van der Waals surface area contributed by atoms with E-state index in [2.05, 4.69) is 25.8 Å². The highest BCUT2D eigenvalue weighted by Gasteiger charge is 2.16. The highest BCUT2D eigenvalue weighted by molar-refractivity contribution is 7.99. The van der Waals surface area contributed by atoms with Crippen molar-refractivity contribution in [2.24, 2.45) is 0 Å². The van der Waals surface area contributed by atoms with Crippen molar-refractivity contribution in [1.82, 2.24) is 9.97 Å². The molecule has 0 amide bonds. The van der Waals surface area contributed by atoms with Crippen LogP contribution in [0, 0.1) is 0 Å². The van der Waals surface area contributed by atoms with Crippen LogP contribution in [-0.4, -0.2) is 60.9 Å². The van der Waals surface area contributed by atoms with Crippen molar-refractivity contribution >= 4 is 23.4 Å². The van der Waals surface area contributed by atoms with E-state index < -0.39 is 0 Å². The second-order valence-corrected chi connectivity index (χ2v) is 5.66. The van der Waals surface area contributed by atoms with Crippen molar-refractivity contribution in [1.29, 1.82) is 0 Å². The maximum Gasteiger partial charge on any atom is 0.134 e. The van der Waals surface area contributed by atoms with Crippen LogP contribution in [0.3, 0.4) is 0 Å². The van der Waals surface area contributed by atoms with Crippen LogP contribution >= 0.6 is 11.8 Å². The Morgan fingerprint density at radius 1 is 0.944 bits per heavy atom. The highest BCUT2D eigenvalue weighted by Crippen LogP contribution is 2.21. The molecule has 6 heteroatoms. The van der Waals surface area contributed by atoms with Crippen LogP contribution in [0.4, 0.5) is 11.6 Å². The van der Waals surface area contributed by atoms with Crippen molar-refractivity contribution in [2.45, 2.75) is 0 Å². The molecule has 0 bridgehead atoms. The monoisotopic (exact) mass is 266 g/mol. The van der Waals surface area contributed by atoms with Crippen LogP contribution in [0.1, 0.15) is 0 Å². The SMILES string of the molecule is c1nc(N2CCOCC2)cc(N2CCSCC2)n1. The molecule has 18 heavy (non-hydrogen) atoms. The lowest BCUT2D eigenvalue weighted by Gasteiger charge is -2.30. The summed E-state index contributed by atoms with van der Waals surface area (Å²) >= 11 is 2.01. The molecule has 0 N–H and O–H groups in total. The first-order valence-electron chi connectivity index (χ1n) is 6.41. The van der Waals surface area contributed by atoms with Gasteiger partial charge in [-0.2, -0.15) is 11.8 Å². The zero-order valence-corrected chi connectivity index (χ0v) is 11.2. The molecule has 5 nitrogen and oxygen atoms in total. The molecule has 1 aromatic rings. The molecule has 0 saturated carbocycles. The van der Waals surface area contributed by atoms with Gasteiger partial charge in [0.25, 0.3) is 0 Å². The molecule has 2 fully saturated rings. The zero-order chi connectivity index (χ0) is 12.2. The van der Waals surface area contributed by atoms with Gasteiger partial charge in [0.2, 0.25) is 0 Å². The van der Waals surface area contributed by atoms with Gasteiger partial charge in [-0.05, 0) is 0 Å². The van der Waals surface area contributed by atoms with E-state index in [1.165, 1.54) is 11.5 Å². The first-order valence-corrected chi connectivity index (χ1v) is 7.56. The third-order valence-corrected chi connectivity index (χ3v) is 4.25. The molecule has 2 aliphatic rings. The van der Waals surface area contributed by atoms with Crippen molar-refractivity contribution in [3.8, 4) is 0 Å². The minimum absolute atomic E-state index is 0.791. The van der Waals surface area contributed by atoms with Crippen LogP contribution in [0.2, 0.25) is 0 Å². The number of anilines is 2. The number of thioether (sulfide) groups is 1. The summed E-state index contributed by atoms with van der Waals surface area (Å²) in [6, 6.07) is 2.11. The second-order valence-electron chi connectivity index (χ2n) is 4.43. The van der Waals surface area contributed by atoms with Gasteiger partial charge in [0.1, 0.15) is 18.0 Å². The molecule has 3 rings (SSSR count). The summed E-state index contributed by atoms with van der Waals surface area (Å²) < 4.78 is 5.37. The molecule has 0 unspecified atom stereocenters. The van der Waals surface area contributed by atoms with Crippen LogP contribution < -0.4 is 9.80 Å². The number of aromatic nitrogens is 2. The van der Waals surface area contributed by atoms with E-state index in [9.17, 15) is 0 Å². The Balaban J connectivity index is 1.75.